The van der Waals surface area contributed by atoms with Crippen molar-refractivity contribution in [3.8, 4) is 0 Å². The lowest BCUT2D eigenvalue weighted by atomic mass is 9.83. The summed E-state index contributed by atoms with van der Waals surface area (Å²) in [5, 5.41) is 6.51. The van der Waals surface area contributed by atoms with Gasteiger partial charge in [0, 0.05) is 25.6 Å². The Kier molecular flexibility index (Phi) is 2.01. The van der Waals surface area contributed by atoms with Gasteiger partial charge in [-0.15, -0.1) is 0 Å². The first-order valence-electron chi connectivity index (χ1n) is 5.84. The molecule has 1 amide bonds. The molecule has 1 unspecified atom stereocenters. The predicted octanol–water partition coefficient (Wildman–Crippen LogP) is 0.511. The summed E-state index contributed by atoms with van der Waals surface area (Å²) in [6.45, 7) is 2.22. The molecule has 0 radical (unpaired) electrons. The van der Waals surface area contributed by atoms with Gasteiger partial charge in [0.05, 0.1) is 0 Å². The summed E-state index contributed by atoms with van der Waals surface area (Å²) >= 11 is 0. The second-order valence-electron chi connectivity index (χ2n) is 5.08. The number of carbonyl (C=O) groups is 1. The Labute approximate surface area is 84.6 Å². The normalized spacial score (nSPS) is 40.1. The number of fused-ring (bicyclic) bond motifs is 1. The third-order valence-electron chi connectivity index (χ3n) is 4.12. The molecule has 14 heavy (non-hydrogen) atoms. The third-order valence-corrected chi connectivity index (χ3v) is 4.12. The molecule has 3 heteroatoms. The Hall–Kier alpha value is -0.570. The monoisotopic (exact) mass is 194 g/mol. The van der Waals surface area contributed by atoms with Crippen molar-refractivity contribution in [3.05, 3.63) is 0 Å². The molecule has 1 saturated heterocycles. The Bertz CT molecular complexity index is 240. The molecule has 3 atom stereocenters. The minimum Gasteiger partial charge on any atom is -0.353 e. The maximum atomic E-state index is 11.6. The van der Waals surface area contributed by atoms with E-state index in [0.717, 1.165) is 31.3 Å². The highest BCUT2D eigenvalue weighted by Gasteiger charge is 2.53. The minimum absolute atomic E-state index is 0.300. The van der Waals surface area contributed by atoms with Crippen LogP contribution in [-0.2, 0) is 4.79 Å². The molecule has 0 aromatic carbocycles. The average molecular weight is 194 g/mol. The minimum atomic E-state index is 0.300. The van der Waals surface area contributed by atoms with E-state index in [1.807, 2.05) is 0 Å². The summed E-state index contributed by atoms with van der Waals surface area (Å²) in [6.07, 6.45) is 4.65. The predicted molar refractivity (Wildman–Crippen MR) is 53.7 cm³/mol. The van der Waals surface area contributed by atoms with Crippen molar-refractivity contribution in [1.29, 1.82) is 0 Å². The van der Waals surface area contributed by atoms with Crippen LogP contribution in [0.15, 0.2) is 0 Å². The number of nitrogens with one attached hydrogen (secondary N) is 2. The standard InChI is InChI=1S/C11H18N2O/c14-10(4-7-2-1-3-7)13-11-8-5-12-6-9(8)11/h7-9,11-12H,1-6H2,(H,13,14)/t8-,9+,11?. The van der Waals surface area contributed by atoms with E-state index in [2.05, 4.69) is 10.6 Å². The van der Waals surface area contributed by atoms with Gasteiger partial charge in [0.25, 0.3) is 0 Å². The molecule has 2 saturated carbocycles. The van der Waals surface area contributed by atoms with Crippen LogP contribution in [0.2, 0.25) is 0 Å². The first kappa shape index (κ1) is 8.72. The van der Waals surface area contributed by atoms with Gasteiger partial charge in [0.1, 0.15) is 0 Å². The second-order valence-corrected chi connectivity index (χ2v) is 5.08. The van der Waals surface area contributed by atoms with E-state index < -0.39 is 0 Å². The van der Waals surface area contributed by atoms with E-state index in [0.29, 0.717) is 17.9 Å². The molecule has 3 fully saturated rings. The van der Waals surface area contributed by atoms with E-state index in [9.17, 15) is 4.79 Å². The molecule has 78 valence electrons. The van der Waals surface area contributed by atoms with Crippen LogP contribution in [0, 0.1) is 17.8 Å². The van der Waals surface area contributed by atoms with Crippen LogP contribution < -0.4 is 10.6 Å². The van der Waals surface area contributed by atoms with Crippen LogP contribution in [0.5, 0.6) is 0 Å². The molecule has 2 N–H and O–H groups in total. The van der Waals surface area contributed by atoms with Gasteiger partial charge in [-0.2, -0.15) is 0 Å². The van der Waals surface area contributed by atoms with Gasteiger partial charge in [0.15, 0.2) is 0 Å². The second kappa shape index (κ2) is 3.23. The van der Waals surface area contributed by atoms with Crippen molar-refractivity contribution in [2.45, 2.75) is 31.7 Å². The van der Waals surface area contributed by atoms with Gasteiger partial charge < -0.3 is 10.6 Å². The topological polar surface area (TPSA) is 41.1 Å². The average Bonchev–Trinajstić information content (AvgIpc) is 2.61. The van der Waals surface area contributed by atoms with Gasteiger partial charge in [-0.05, 0) is 30.6 Å². The first-order chi connectivity index (χ1) is 6.84. The Morgan fingerprint density at radius 2 is 2.00 bits per heavy atom. The summed E-state index contributed by atoms with van der Waals surface area (Å²) in [4.78, 5) is 11.6. The van der Waals surface area contributed by atoms with Crippen LogP contribution in [0.3, 0.4) is 0 Å². The van der Waals surface area contributed by atoms with Crippen molar-refractivity contribution < 1.29 is 4.79 Å². The lowest BCUT2D eigenvalue weighted by Crippen LogP contribution is -2.34. The lowest BCUT2D eigenvalue weighted by Gasteiger charge is -2.24. The highest BCUT2D eigenvalue weighted by atomic mass is 16.1. The van der Waals surface area contributed by atoms with Crippen molar-refractivity contribution in [2.24, 2.45) is 17.8 Å². The van der Waals surface area contributed by atoms with E-state index in [1.54, 1.807) is 0 Å². The number of rotatable bonds is 3. The van der Waals surface area contributed by atoms with Crippen molar-refractivity contribution in [1.82, 2.24) is 10.6 Å². The zero-order valence-corrected chi connectivity index (χ0v) is 8.46. The number of amides is 1. The van der Waals surface area contributed by atoms with Crippen LogP contribution in [0.1, 0.15) is 25.7 Å². The summed E-state index contributed by atoms with van der Waals surface area (Å²) < 4.78 is 0. The summed E-state index contributed by atoms with van der Waals surface area (Å²) in [7, 11) is 0. The smallest absolute Gasteiger partial charge is 0.220 e. The summed E-state index contributed by atoms with van der Waals surface area (Å²) in [6, 6.07) is 0.517. The molecular formula is C11H18N2O. The fourth-order valence-electron chi connectivity index (χ4n) is 2.84. The van der Waals surface area contributed by atoms with Crippen LogP contribution in [-0.4, -0.2) is 25.0 Å². The molecule has 0 bridgehead atoms. The van der Waals surface area contributed by atoms with Gasteiger partial charge >= 0.3 is 0 Å². The van der Waals surface area contributed by atoms with Crippen LogP contribution in [0.25, 0.3) is 0 Å². The summed E-state index contributed by atoms with van der Waals surface area (Å²) in [5.74, 6) is 2.50. The molecule has 2 aliphatic carbocycles. The highest BCUT2D eigenvalue weighted by molar-refractivity contribution is 5.77. The lowest BCUT2D eigenvalue weighted by molar-refractivity contribution is -0.122. The SMILES string of the molecule is O=C(CC1CCC1)NC1[C@H]2CNC[C@@H]12. The van der Waals surface area contributed by atoms with E-state index in [4.69, 9.17) is 0 Å². The fourth-order valence-corrected chi connectivity index (χ4v) is 2.84. The molecule has 1 aliphatic heterocycles. The molecule has 3 aliphatic rings. The van der Waals surface area contributed by atoms with Gasteiger partial charge in [0.2, 0.25) is 5.91 Å². The van der Waals surface area contributed by atoms with E-state index in [1.165, 1.54) is 19.3 Å². The van der Waals surface area contributed by atoms with E-state index >= 15 is 0 Å². The Morgan fingerprint density at radius 3 is 2.57 bits per heavy atom. The van der Waals surface area contributed by atoms with Crippen LogP contribution in [0.4, 0.5) is 0 Å². The third kappa shape index (κ3) is 1.44. The number of carbonyl (C=O) groups excluding carboxylic acids is 1. The molecule has 0 aromatic heterocycles. The van der Waals surface area contributed by atoms with Gasteiger partial charge in [-0.3, -0.25) is 4.79 Å². The molecule has 3 rings (SSSR count). The van der Waals surface area contributed by atoms with E-state index in [-0.39, 0.29) is 0 Å². The largest absolute Gasteiger partial charge is 0.353 e. The van der Waals surface area contributed by atoms with Gasteiger partial charge in [-0.25, -0.2) is 0 Å². The molecule has 0 spiro atoms. The maximum Gasteiger partial charge on any atom is 0.220 e. The highest BCUT2D eigenvalue weighted by Crippen LogP contribution is 2.41. The Balaban J connectivity index is 1.42. The Morgan fingerprint density at radius 1 is 1.29 bits per heavy atom. The number of hydrogen-bond acceptors (Lipinski definition) is 2. The van der Waals surface area contributed by atoms with Crippen molar-refractivity contribution >= 4 is 5.91 Å². The number of hydrogen-bond donors (Lipinski definition) is 2. The fraction of sp³-hybridized carbons (Fsp3) is 0.909. The van der Waals surface area contributed by atoms with Gasteiger partial charge in [-0.1, -0.05) is 6.42 Å². The molecule has 1 heterocycles. The molecular weight excluding hydrogens is 176 g/mol. The quantitative estimate of drug-likeness (QED) is 0.687. The summed E-state index contributed by atoms with van der Waals surface area (Å²) in [5.41, 5.74) is 0. The molecule has 0 aromatic rings. The zero-order chi connectivity index (χ0) is 9.54. The first-order valence-corrected chi connectivity index (χ1v) is 5.84. The maximum absolute atomic E-state index is 11.6. The van der Waals surface area contributed by atoms with Crippen molar-refractivity contribution in [2.75, 3.05) is 13.1 Å². The molecule has 3 nitrogen and oxygen atoms in total. The van der Waals surface area contributed by atoms with Crippen molar-refractivity contribution in [3.63, 3.8) is 0 Å². The number of piperidine rings is 1. The zero-order valence-electron chi connectivity index (χ0n) is 8.46. The van der Waals surface area contributed by atoms with Crippen LogP contribution >= 0.6 is 0 Å².